The van der Waals surface area contributed by atoms with Gasteiger partial charge < -0.3 is 4.74 Å². The maximum atomic E-state index is 13.0. The van der Waals surface area contributed by atoms with E-state index in [-0.39, 0.29) is 6.61 Å². The van der Waals surface area contributed by atoms with Crippen molar-refractivity contribution in [2.75, 3.05) is 6.61 Å². The topological polar surface area (TPSA) is 26.3 Å². The molecule has 0 heterocycles. The fourth-order valence-electron chi connectivity index (χ4n) is 0.867. The van der Waals surface area contributed by atoms with Gasteiger partial charge in [-0.2, -0.15) is 4.39 Å². The summed E-state index contributed by atoms with van der Waals surface area (Å²) in [5.74, 6) is -1.79. The first-order chi connectivity index (χ1) is 7.24. The Bertz CT molecular complexity index is 349. The molecular formula is C11H11FO2S. The minimum Gasteiger partial charge on any atom is -0.461 e. The van der Waals surface area contributed by atoms with Crippen LogP contribution in [0.25, 0.3) is 0 Å². The molecule has 0 saturated carbocycles. The smallest absolute Gasteiger partial charge is 0.367 e. The van der Waals surface area contributed by atoms with E-state index in [0.29, 0.717) is 0 Å². The molecule has 0 aliphatic carbocycles. The molecular weight excluding hydrogens is 215 g/mol. The lowest BCUT2D eigenvalue weighted by atomic mass is 10.4. The van der Waals surface area contributed by atoms with Gasteiger partial charge in [0.25, 0.3) is 0 Å². The fraction of sp³-hybridized carbons (Fsp3) is 0.182. The van der Waals surface area contributed by atoms with Gasteiger partial charge in [-0.15, -0.1) is 0 Å². The van der Waals surface area contributed by atoms with Gasteiger partial charge in [0.2, 0.25) is 5.83 Å². The molecule has 4 heteroatoms. The van der Waals surface area contributed by atoms with Crippen LogP contribution in [0.2, 0.25) is 0 Å². The quantitative estimate of drug-likeness (QED) is 0.448. The van der Waals surface area contributed by atoms with Crippen molar-refractivity contribution in [3.8, 4) is 0 Å². The molecule has 0 spiro atoms. The van der Waals surface area contributed by atoms with Gasteiger partial charge in [0.05, 0.1) is 6.61 Å². The van der Waals surface area contributed by atoms with E-state index in [0.717, 1.165) is 22.1 Å². The van der Waals surface area contributed by atoms with Crippen molar-refractivity contribution in [3.63, 3.8) is 0 Å². The molecule has 80 valence electrons. The second-order valence-corrected chi connectivity index (χ2v) is 3.56. The van der Waals surface area contributed by atoms with Crippen molar-refractivity contribution in [1.29, 1.82) is 0 Å². The minimum absolute atomic E-state index is 0.177. The third-order valence-corrected chi connectivity index (χ3v) is 2.38. The van der Waals surface area contributed by atoms with E-state index in [1.54, 1.807) is 6.92 Å². The molecule has 0 N–H and O–H groups in total. The molecule has 0 amide bonds. The van der Waals surface area contributed by atoms with E-state index in [1.165, 1.54) is 0 Å². The number of halogens is 1. The van der Waals surface area contributed by atoms with Crippen LogP contribution in [0, 0.1) is 0 Å². The zero-order valence-corrected chi connectivity index (χ0v) is 9.09. The van der Waals surface area contributed by atoms with E-state index < -0.39 is 11.8 Å². The normalized spacial score (nSPS) is 11.2. The zero-order valence-electron chi connectivity index (χ0n) is 8.27. The molecule has 0 radical (unpaired) electrons. The zero-order chi connectivity index (χ0) is 11.1. The van der Waals surface area contributed by atoms with Crippen LogP contribution in [-0.4, -0.2) is 12.6 Å². The van der Waals surface area contributed by atoms with Gasteiger partial charge in [-0.25, -0.2) is 4.79 Å². The summed E-state index contributed by atoms with van der Waals surface area (Å²) in [6.45, 7) is 1.81. The van der Waals surface area contributed by atoms with Gasteiger partial charge >= 0.3 is 5.97 Å². The summed E-state index contributed by atoms with van der Waals surface area (Å²) in [5, 5.41) is 1.15. The van der Waals surface area contributed by atoms with Crippen LogP contribution in [0.1, 0.15) is 6.92 Å². The van der Waals surface area contributed by atoms with Crippen molar-refractivity contribution in [2.45, 2.75) is 11.8 Å². The highest BCUT2D eigenvalue weighted by Gasteiger charge is 2.08. The van der Waals surface area contributed by atoms with Crippen LogP contribution in [0.3, 0.4) is 0 Å². The van der Waals surface area contributed by atoms with Crippen molar-refractivity contribution >= 4 is 17.7 Å². The molecule has 1 aromatic rings. The van der Waals surface area contributed by atoms with Crippen molar-refractivity contribution in [1.82, 2.24) is 0 Å². The van der Waals surface area contributed by atoms with Gasteiger partial charge in [0.1, 0.15) is 0 Å². The Kier molecular flexibility index (Phi) is 4.90. The van der Waals surface area contributed by atoms with E-state index in [1.807, 2.05) is 30.3 Å². The number of esters is 1. The summed E-state index contributed by atoms with van der Waals surface area (Å²) in [6, 6.07) is 9.23. The monoisotopic (exact) mass is 226 g/mol. The van der Waals surface area contributed by atoms with E-state index >= 15 is 0 Å². The highest BCUT2D eigenvalue weighted by atomic mass is 32.2. The number of benzene rings is 1. The summed E-state index contributed by atoms with van der Waals surface area (Å²) in [5.41, 5.74) is 0. The second-order valence-electron chi connectivity index (χ2n) is 2.62. The van der Waals surface area contributed by atoms with E-state index in [4.69, 9.17) is 0 Å². The number of thioether (sulfide) groups is 1. The Morgan fingerprint density at radius 2 is 2.13 bits per heavy atom. The standard InChI is InChI=1S/C11H11FO2S/c1-2-14-11(13)10(12)8-15-9-6-4-3-5-7-9/h3-8H,2H2,1H3. The average molecular weight is 226 g/mol. The lowest BCUT2D eigenvalue weighted by Crippen LogP contribution is -2.03. The molecule has 2 nitrogen and oxygen atoms in total. The Labute approximate surface area is 92.1 Å². The molecule has 0 unspecified atom stereocenters. The highest BCUT2D eigenvalue weighted by Crippen LogP contribution is 2.20. The maximum Gasteiger partial charge on any atom is 0.367 e. The van der Waals surface area contributed by atoms with Gasteiger partial charge in [0.15, 0.2) is 0 Å². The molecule has 0 bridgehead atoms. The Hall–Kier alpha value is -1.29. The highest BCUT2D eigenvalue weighted by molar-refractivity contribution is 8.02. The van der Waals surface area contributed by atoms with E-state index in [2.05, 4.69) is 4.74 Å². The molecule has 1 rings (SSSR count). The van der Waals surface area contributed by atoms with Crippen molar-refractivity contribution < 1.29 is 13.9 Å². The van der Waals surface area contributed by atoms with Gasteiger partial charge in [-0.3, -0.25) is 0 Å². The molecule has 1 aromatic carbocycles. The molecule has 0 aliphatic heterocycles. The molecule has 0 atom stereocenters. The summed E-state index contributed by atoms with van der Waals surface area (Å²) in [7, 11) is 0. The van der Waals surface area contributed by atoms with Crippen LogP contribution in [-0.2, 0) is 9.53 Å². The summed E-state index contributed by atoms with van der Waals surface area (Å²) in [6.07, 6.45) is 0. The largest absolute Gasteiger partial charge is 0.461 e. The number of hydrogen-bond acceptors (Lipinski definition) is 3. The second kappa shape index (κ2) is 6.24. The average Bonchev–Trinajstić information content (AvgIpc) is 2.27. The minimum atomic E-state index is -0.916. The molecule has 15 heavy (non-hydrogen) atoms. The Morgan fingerprint density at radius 3 is 2.73 bits per heavy atom. The number of carbonyl (C=O) groups is 1. The van der Waals surface area contributed by atoms with Crippen LogP contribution in [0.4, 0.5) is 4.39 Å². The lowest BCUT2D eigenvalue weighted by molar-refractivity contribution is -0.140. The summed E-state index contributed by atoms with van der Waals surface area (Å²) >= 11 is 1.14. The molecule has 0 fully saturated rings. The van der Waals surface area contributed by atoms with Crippen LogP contribution in [0.15, 0.2) is 46.5 Å². The van der Waals surface area contributed by atoms with Gasteiger partial charge in [-0.05, 0) is 19.1 Å². The fourth-order valence-corrected chi connectivity index (χ4v) is 1.52. The third-order valence-electron chi connectivity index (χ3n) is 1.51. The van der Waals surface area contributed by atoms with Gasteiger partial charge in [-0.1, -0.05) is 30.0 Å². The van der Waals surface area contributed by atoms with Crippen molar-refractivity contribution in [3.05, 3.63) is 41.6 Å². The number of hydrogen-bond donors (Lipinski definition) is 0. The number of carbonyl (C=O) groups excluding carboxylic acids is 1. The van der Waals surface area contributed by atoms with E-state index in [9.17, 15) is 9.18 Å². The summed E-state index contributed by atoms with van der Waals surface area (Å²) < 4.78 is 17.5. The van der Waals surface area contributed by atoms with Crippen LogP contribution < -0.4 is 0 Å². The molecule has 0 aliphatic rings. The Morgan fingerprint density at radius 1 is 1.47 bits per heavy atom. The van der Waals surface area contributed by atoms with Gasteiger partial charge in [0, 0.05) is 10.3 Å². The number of rotatable bonds is 4. The first-order valence-corrected chi connectivity index (χ1v) is 5.36. The number of ether oxygens (including phenoxy) is 1. The third kappa shape index (κ3) is 4.16. The predicted octanol–water partition coefficient (Wildman–Crippen LogP) is 3.15. The predicted molar refractivity (Wildman–Crippen MR) is 58.1 cm³/mol. The first-order valence-electron chi connectivity index (χ1n) is 4.48. The van der Waals surface area contributed by atoms with Crippen LogP contribution >= 0.6 is 11.8 Å². The SMILES string of the molecule is CCOC(=O)C(F)=CSc1ccccc1. The summed E-state index contributed by atoms with van der Waals surface area (Å²) in [4.78, 5) is 11.8. The lowest BCUT2D eigenvalue weighted by Gasteiger charge is -1.98. The molecule has 0 aromatic heterocycles. The van der Waals surface area contributed by atoms with Crippen LogP contribution in [0.5, 0.6) is 0 Å². The first kappa shape index (κ1) is 11.8. The molecule has 0 saturated heterocycles. The maximum absolute atomic E-state index is 13.0. The Balaban J connectivity index is 2.54. The van der Waals surface area contributed by atoms with Crippen molar-refractivity contribution in [2.24, 2.45) is 0 Å².